The summed E-state index contributed by atoms with van der Waals surface area (Å²) < 4.78 is 24.5. The Kier molecular flexibility index (Phi) is 7.98. The molecule has 2 unspecified atom stereocenters. The van der Waals surface area contributed by atoms with E-state index < -0.39 is 0 Å². The van der Waals surface area contributed by atoms with Crippen LogP contribution in [0.3, 0.4) is 0 Å². The van der Waals surface area contributed by atoms with E-state index in [-0.39, 0.29) is 11.9 Å². The Labute approximate surface area is 150 Å². The minimum atomic E-state index is -0.293. The third-order valence-electron chi connectivity index (χ3n) is 4.11. The van der Waals surface area contributed by atoms with E-state index in [2.05, 4.69) is 17.1 Å². The minimum absolute atomic E-state index is 0.128. The molecule has 0 aliphatic carbocycles. The molecular weight excluding hydrogens is 321 g/mol. The van der Waals surface area contributed by atoms with E-state index in [9.17, 15) is 4.39 Å². The molecule has 0 saturated carbocycles. The molecule has 1 saturated heterocycles. The Morgan fingerprint density at radius 2 is 2.28 bits per heavy atom. The third-order valence-corrected chi connectivity index (χ3v) is 4.11. The zero-order valence-electron chi connectivity index (χ0n) is 15.5. The van der Waals surface area contributed by atoms with Crippen LogP contribution >= 0.6 is 0 Å². The Morgan fingerprint density at radius 1 is 1.44 bits per heavy atom. The molecule has 2 rings (SSSR count). The first-order chi connectivity index (χ1) is 12.1. The van der Waals surface area contributed by atoms with Crippen LogP contribution in [0.25, 0.3) is 0 Å². The lowest BCUT2D eigenvalue weighted by molar-refractivity contribution is 0.114. The molecule has 0 bridgehead atoms. The van der Waals surface area contributed by atoms with E-state index in [1.165, 1.54) is 12.1 Å². The van der Waals surface area contributed by atoms with Crippen LogP contribution in [0, 0.1) is 11.7 Å². The summed E-state index contributed by atoms with van der Waals surface area (Å²) in [4.78, 5) is 6.98. The van der Waals surface area contributed by atoms with Crippen molar-refractivity contribution < 1.29 is 13.9 Å². The Bertz CT molecular complexity index is 553. The van der Waals surface area contributed by atoms with E-state index >= 15 is 0 Å². The molecule has 25 heavy (non-hydrogen) atoms. The highest BCUT2D eigenvalue weighted by Gasteiger charge is 2.25. The van der Waals surface area contributed by atoms with Crippen molar-refractivity contribution in [2.24, 2.45) is 10.9 Å². The summed E-state index contributed by atoms with van der Waals surface area (Å²) >= 11 is 0. The van der Waals surface area contributed by atoms with Crippen molar-refractivity contribution in [3.8, 4) is 5.75 Å². The molecule has 140 valence electrons. The summed E-state index contributed by atoms with van der Waals surface area (Å²) in [5, 5.41) is 3.35. The van der Waals surface area contributed by atoms with E-state index in [1.807, 2.05) is 13.8 Å². The monoisotopic (exact) mass is 351 g/mol. The highest BCUT2D eigenvalue weighted by molar-refractivity contribution is 5.80. The maximum absolute atomic E-state index is 13.2. The van der Waals surface area contributed by atoms with Crippen molar-refractivity contribution in [3.63, 3.8) is 0 Å². The van der Waals surface area contributed by atoms with Gasteiger partial charge in [-0.05, 0) is 39.3 Å². The van der Waals surface area contributed by atoms with Gasteiger partial charge in [-0.2, -0.15) is 0 Å². The van der Waals surface area contributed by atoms with Crippen molar-refractivity contribution in [2.75, 3.05) is 39.4 Å². The van der Waals surface area contributed by atoms with Gasteiger partial charge in [0.2, 0.25) is 0 Å². The van der Waals surface area contributed by atoms with Gasteiger partial charge in [-0.15, -0.1) is 0 Å². The molecular formula is C19H30FN3O2. The molecule has 1 aliphatic rings. The normalized spacial score (nSPS) is 19.1. The van der Waals surface area contributed by atoms with Gasteiger partial charge in [0.15, 0.2) is 5.96 Å². The molecule has 0 spiro atoms. The number of likely N-dealkylation sites (tertiary alicyclic amines) is 1. The lowest BCUT2D eigenvalue weighted by atomic mass is 10.1. The quantitative estimate of drug-likeness (QED) is 0.578. The molecule has 5 nitrogen and oxygen atoms in total. The number of hydrogen-bond donors (Lipinski definition) is 1. The fourth-order valence-corrected chi connectivity index (χ4v) is 2.90. The molecule has 0 aromatic heterocycles. The number of benzene rings is 1. The Hall–Kier alpha value is -1.82. The highest BCUT2D eigenvalue weighted by Crippen LogP contribution is 2.17. The second-order valence-electron chi connectivity index (χ2n) is 6.34. The molecule has 1 aromatic rings. The van der Waals surface area contributed by atoms with Gasteiger partial charge in [0, 0.05) is 38.2 Å². The number of nitrogens with zero attached hydrogens (tertiary/aromatic N) is 2. The topological polar surface area (TPSA) is 46.1 Å². The average Bonchev–Trinajstić information content (AvgIpc) is 3.05. The summed E-state index contributed by atoms with van der Waals surface area (Å²) in [5.74, 6) is 1.71. The zero-order valence-corrected chi connectivity index (χ0v) is 15.5. The second-order valence-corrected chi connectivity index (χ2v) is 6.34. The van der Waals surface area contributed by atoms with Crippen LogP contribution in [-0.4, -0.2) is 56.4 Å². The third kappa shape index (κ3) is 6.53. The lowest BCUT2D eigenvalue weighted by Crippen LogP contribution is -2.41. The van der Waals surface area contributed by atoms with Gasteiger partial charge in [-0.1, -0.05) is 6.07 Å². The van der Waals surface area contributed by atoms with Gasteiger partial charge in [0.1, 0.15) is 17.7 Å². The van der Waals surface area contributed by atoms with Gasteiger partial charge in [0.25, 0.3) is 0 Å². The summed E-state index contributed by atoms with van der Waals surface area (Å²) in [6.07, 6.45) is 0.997. The van der Waals surface area contributed by atoms with Crippen LogP contribution in [0.1, 0.15) is 27.2 Å². The molecule has 2 atom stereocenters. The smallest absolute Gasteiger partial charge is 0.194 e. The molecule has 1 N–H and O–H groups in total. The maximum Gasteiger partial charge on any atom is 0.194 e. The second kappa shape index (κ2) is 10.2. The molecule has 6 heteroatoms. The van der Waals surface area contributed by atoms with Gasteiger partial charge >= 0.3 is 0 Å². The summed E-state index contributed by atoms with van der Waals surface area (Å²) in [7, 11) is 0. The van der Waals surface area contributed by atoms with Crippen LogP contribution in [0.15, 0.2) is 29.3 Å². The van der Waals surface area contributed by atoms with E-state index in [1.54, 1.807) is 12.1 Å². The van der Waals surface area contributed by atoms with Crippen molar-refractivity contribution in [1.29, 1.82) is 0 Å². The molecule has 1 fully saturated rings. The van der Waals surface area contributed by atoms with Crippen molar-refractivity contribution in [3.05, 3.63) is 30.1 Å². The largest absolute Gasteiger partial charge is 0.489 e. The van der Waals surface area contributed by atoms with Gasteiger partial charge in [-0.25, -0.2) is 9.38 Å². The van der Waals surface area contributed by atoms with Gasteiger partial charge in [-0.3, -0.25) is 0 Å². The number of aliphatic imine (C=N–C) groups is 1. The van der Waals surface area contributed by atoms with Crippen molar-refractivity contribution in [2.45, 2.75) is 33.3 Å². The molecule has 0 radical (unpaired) electrons. The molecule has 1 aliphatic heterocycles. The standard InChI is InChI=1S/C19H30FN3O2/c1-4-21-19(23-10-9-16(13-23)14-24-5-2)22-12-15(3)25-18-8-6-7-17(20)11-18/h6-8,11,15-16H,4-5,9-10,12-14H2,1-3H3,(H,21,22). The first kappa shape index (κ1) is 19.5. The number of guanidine groups is 1. The van der Waals surface area contributed by atoms with Crippen LogP contribution in [0.4, 0.5) is 4.39 Å². The lowest BCUT2D eigenvalue weighted by Gasteiger charge is -2.22. The number of ether oxygens (including phenoxy) is 2. The predicted octanol–water partition coefficient (Wildman–Crippen LogP) is 2.92. The average molecular weight is 351 g/mol. The van der Waals surface area contributed by atoms with E-state index in [4.69, 9.17) is 14.5 Å². The Balaban J connectivity index is 1.88. The van der Waals surface area contributed by atoms with Crippen molar-refractivity contribution in [1.82, 2.24) is 10.2 Å². The van der Waals surface area contributed by atoms with Gasteiger partial charge in [0.05, 0.1) is 13.2 Å². The minimum Gasteiger partial charge on any atom is -0.489 e. The molecule has 0 amide bonds. The summed E-state index contributed by atoms with van der Waals surface area (Å²) in [5.41, 5.74) is 0. The zero-order chi connectivity index (χ0) is 18.1. The number of halogens is 1. The van der Waals surface area contributed by atoms with Crippen LogP contribution in [-0.2, 0) is 4.74 Å². The number of nitrogens with one attached hydrogen (secondary N) is 1. The van der Waals surface area contributed by atoms with Crippen LogP contribution in [0.5, 0.6) is 5.75 Å². The number of rotatable bonds is 8. The van der Waals surface area contributed by atoms with Gasteiger partial charge < -0.3 is 19.7 Å². The first-order valence-corrected chi connectivity index (χ1v) is 9.15. The van der Waals surface area contributed by atoms with Crippen molar-refractivity contribution >= 4 is 5.96 Å². The predicted molar refractivity (Wildman–Crippen MR) is 98.6 cm³/mol. The molecule has 1 heterocycles. The number of hydrogen-bond acceptors (Lipinski definition) is 3. The van der Waals surface area contributed by atoms with E-state index in [0.29, 0.717) is 18.2 Å². The SMILES string of the molecule is CCNC(=NCC(C)Oc1cccc(F)c1)N1CCC(COCC)C1. The maximum atomic E-state index is 13.2. The fraction of sp³-hybridized carbons (Fsp3) is 0.632. The van der Waals surface area contributed by atoms with E-state index in [0.717, 1.165) is 45.2 Å². The highest BCUT2D eigenvalue weighted by atomic mass is 19.1. The van der Waals surface area contributed by atoms with Crippen LogP contribution in [0.2, 0.25) is 0 Å². The molecule has 1 aromatic carbocycles. The summed E-state index contributed by atoms with van der Waals surface area (Å²) in [6, 6.07) is 6.20. The first-order valence-electron chi connectivity index (χ1n) is 9.15. The van der Waals surface area contributed by atoms with Crippen LogP contribution < -0.4 is 10.1 Å². The summed E-state index contributed by atoms with van der Waals surface area (Å²) in [6.45, 7) is 10.9. The Morgan fingerprint density at radius 3 is 3.00 bits per heavy atom. The fourth-order valence-electron chi connectivity index (χ4n) is 2.90.